The van der Waals surface area contributed by atoms with Crippen LogP contribution in [-0.2, 0) is 9.59 Å². The van der Waals surface area contributed by atoms with Crippen LogP contribution in [0.5, 0.6) is 11.5 Å². The number of hydrazone groups is 1. The Kier molecular flexibility index (Phi) is 4.12. The van der Waals surface area contributed by atoms with Crippen LogP contribution >= 0.6 is 15.9 Å². The maximum Gasteiger partial charge on any atom is 0.254 e. The largest absolute Gasteiger partial charge is 0.493 e. The van der Waals surface area contributed by atoms with Gasteiger partial charge in [-0.1, -0.05) is 12.2 Å². The molecule has 146 valence electrons. The smallest absolute Gasteiger partial charge is 0.254 e. The van der Waals surface area contributed by atoms with Gasteiger partial charge in [-0.2, -0.15) is 10.1 Å². The molecule has 0 N–H and O–H groups in total. The highest BCUT2D eigenvalue weighted by atomic mass is 79.9. The van der Waals surface area contributed by atoms with Crippen LogP contribution in [0.4, 0.5) is 0 Å². The molecule has 0 radical (unpaired) electrons. The molecule has 6 atom stereocenters. The number of halogens is 1. The van der Waals surface area contributed by atoms with Gasteiger partial charge in [0.05, 0.1) is 36.2 Å². The summed E-state index contributed by atoms with van der Waals surface area (Å²) in [5, 5.41) is 5.36. The quantitative estimate of drug-likeness (QED) is 0.397. The topological polar surface area (TPSA) is 68.2 Å². The summed E-state index contributed by atoms with van der Waals surface area (Å²) in [4.78, 5) is 25.9. The second-order valence-electron chi connectivity index (χ2n) is 7.85. The maximum absolute atomic E-state index is 13.0. The molecule has 1 saturated heterocycles. The summed E-state index contributed by atoms with van der Waals surface area (Å²) >= 11 is 3.48. The summed E-state index contributed by atoms with van der Waals surface area (Å²) in [6.45, 7) is 2.41. The molecule has 2 bridgehead atoms. The molecule has 2 saturated carbocycles. The van der Waals surface area contributed by atoms with Gasteiger partial charge in [0, 0.05) is 0 Å². The Morgan fingerprint density at radius 3 is 2.39 bits per heavy atom. The molecule has 7 heteroatoms. The van der Waals surface area contributed by atoms with Gasteiger partial charge in [-0.3, -0.25) is 9.59 Å². The van der Waals surface area contributed by atoms with Crippen molar-refractivity contribution < 1.29 is 19.1 Å². The number of hydrogen-bond donors (Lipinski definition) is 0. The number of ether oxygens (including phenoxy) is 2. The minimum Gasteiger partial charge on any atom is -0.493 e. The highest BCUT2D eigenvalue weighted by Gasteiger charge is 2.67. The molecule has 1 aliphatic heterocycles. The first-order valence-electron chi connectivity index (χ1n) is 9.65. The van der Waals surface area contributed by atoms with E-state index >= 15 is 0 Å². The Morgan fingerprint density at radius 2 is 1.82 bits per heavy atom. The van der Waals surface area contributed by atoms with Gasteiger partial charge < -0.3 is 9.47 Å². The van der Waals surface area contributed by atoms with E-state index in [1.807, 2.05) is 13.0 Å². The molecule has 0 aromatic heterocycles. The van der Waals surface area contributed by atoms with E-state index < -0.39 is 0 Å². The fraction of sp³-hybridized carbons (Fsp3) is 0.476. The standard InChI is InChI=1S/C21H21BrN2O4/c1-3-28-19-15(22)6-10(7-16(19)27-2)9-23-24-20(25)17-11-4-5-12(14-8-13(11)14)18(17)21(24)26/h4-7,9,11-14,17-18H,3,8H2,1-2H3/b23-9-/t11-,12-,13-,14+,17-,18+/m1/s1. The van der Waals surface area contributed by atoms with Crippen molar-refractivity contribution in [2.45, 2.75) is 13.3 Å². The Hall–Kier alpha value is -2.15. The van der Waals surface area contributed by atoms with Gasteiger partial charge in [-0.15, -0.1) is 0 Å². The van der Waals surface area contributed by atoms with E-state index in [1.54, 1.807) is 13.2 Å². The summed E-state index contributed by atoms with van der Waals surface area (Å²) in [6, 6.07) is 3.60. The summed E-state index contributed by atoms with van der Waals surface area (Å²) in [5.41, 5.74) is 0.714. The van der Waals surface area contributed by atoms with E-state index in [0.29, 0.717) is 35.5 Å². The molecule has 4 aliphatic carbocycles. The number of imide groups is 1. The number of rotatable bonds is 5. The minimum absolute atomic E-state index is 0.159. The molecule has 1 aromatic carbocycles. The maximum atomic E-state index is 13.0. The number of amides is 2. The lowest BCUT2D eigenvalue weighted by Crippen LogP contribution is -2.40. The van der Waals surface area contributed by atoms with Crippen molar-refractivity contribution in [1.82, 2.24) is 5.01 Å². The molecule has 6 rings (SSSR count). The average molecular weight is 445 g/mol. The molecule has 28 heavy (non-hydrogen) atoms. The Bertz CT molecular complexity index is 891. The third-order valence-corrected chi connectivity index (χ3v) is 7.09. The van der Waals surface area contributed by atoms with Crippen LogP contribution in [0.1, 0.15) is 18.9 Å². The number of nitrogens with zero attached hydrogens (tertiary/aromatic N) is 2. The molecule has 0 unspecified atom stereocenters. The molecule has 0 spiro atoms. The highest BCUT2D eigenvalue weighted by Crippen LogP contribution is 2.65. The normalized spacial score (nSPS) is 34.8. The number of benzene rings is 1. The zero-order valence-corrected chi connectivity index (χ0v) is 17.3. The van der Waals surface area contributed by atoms with Crippen molar-refractivity contribution in [3.05, 3.63) is 34.3 Å². The van der Waals surface area contributed by atoms with Gasteiger partial charge in [-0.25, -0.2) is 0 Å². The zero-order valence-electron chi connectivity index (χ0n) is 15.7. The summed E-state index contributed by atoms with van der Waals surface area (Å²) in [7, 11) is 1.57. The van der Waals surface area contributed by atoms with Gasteiger partial charge >= 0.3 is 0 Å². The number of methoxy groups -OCH3 is 1. The second-order valence-corrected chi connectivity index (χ2v) is 8.71. The van der Waals surface area contributed by atoms with Crippen LogP contribution in [0.15, 0.2) is 33.9 Å². The van der Waals surface area contributed by atoms with Crippen molar-refractivity contribution in [3.63, 3.8) is 0 Å². The molecule has 2 amide bonds. The molecule has 6 nitrogen and oxygen atoms in total. The van der Waals surface area contributed by atoms with E-state index in [2.05, 4.69) is 33.2 Å². The fourth-order valence-corrected chi connectivity index (χ4v) is 5.85. The Labute approximate surface area is 171 Å². The average Bonchev–Trinajstić information content (AvgIpc) is 3.47. The first-order chi connectivity index (χ1) is 13.5. The van der Waals surface area contributed by atoms with E-state index in [1.165, 1.54) is 6.21 Å². The molecule has 3 fully saturated rings. The zero-order chi connectivity index (χ0) is 19.6. The summed E-state index contributed by atoms with van der Waals surface area (Å²) in [5.74, 6) is 1.98. The van der Waals surface area contributed by atoms with Crippen LogP contribution < -0.4 is 9.47 Å². The van der Waals surface area contributed by atoms with Crippen molar-refractivity contribution >= 4 is 34.0 Å². The van der Waals surface area contributed by atoms with E-state index in [-0.39, 0.29) is 35.5 Å². The number of carbonyl (C=O) groups is 2. The molecule has 5 aliphatic rings. The highest BCUT2D eigenvalue weighted by molar-refractivity contribution is 9.10. The van der Waals surface area contributed by atoms with Gasteiger partial charge in [0.1, 0.15) is 0 Å². The first kappa shape index (κ1) is 17.9. The van der Waals surface area contributed by atoms with Gasteiger partial charge in [-0.05, 0) is 70.6 Å². The minimum atomic E-state index is -0.231. The predicted molar refractivity (Wildman–Crippen MR) is 106 cm³/mol. The van der Waals surface area contributed by atoms with Crippen LogP contribution in [0.3, 0.4) is 0 Å². The van der Waals surface area contributed by atoms with Crippen LogP contribution in [0.25, 0.3) is 0 Å². The third kappa shape index (κ3) is 2.48. The van der Waals surface area contributed by atoms with Gasteiger partial charge in [0.2, 0.25) is 0 Å². The monoisotopic (exact) mass is 444 g/mol. The van der Waals surface area contributed by atoms with Crippen LogP contribution in [0, 0.1) is 35.5 Å². The Morgan fingerprint density at radius 1 is 1.18 bits per heavy atom. The van der Waals surface area contributed by atoms with Crippen LogP contribution in [0.2, 0.25) is 0 Å². The lowest BCUT2D eigenvalue weighted by molar-refractivity contribution is -0.140. The number of carbonyl (C=O) groups excluding carboxylic acids is 2. The van der Waals surface area contributed by atoms with E-state index in [4.69, 9.17) is 9.47 Å². The molecule has 1 heterocycles. The van der Waals surface area contributed by atoms with Crippen molar-refractivity contribution in [1.29, 1.82) is 0 Å². The SMILES string of the molecule is CCOc1c(Br)cc(/C=N\N2C(=O)[C@@H]3[C@@H]4C=C[C@H]([C@@H]5C[C@H]45)[C@@H]3C2=O)cc1OC. The van der Waals surface area contributed by atoms with E-state index in [9.17, 15) is 9.59 Å². The number of allylic oxidation sites excluding steroid dienone is 2. The summed E-state index contributed by atoms with van der Waals surface area (Å²) in [6.07, 6.45) is 7.00. The first-order valence-corrected chi connectivity index (χ1v) is 10.4. The molecular formula is C21H21BrN2O4. The second kappa shape index (κ2) is 6.44. The van der Waals surface area contributed by atoms with Gasteiger partial charge in [0.25, 0.3) is 11.8 Å². The Balaban J connectivity index is 1.41. The van der Waals surface area contributed by atoms with Crippen molar-refractivity contribution in [2.75, 3.05) is 13.7 Å². The molecular weight excluding hydrogens is 424 g/mol. The summed E-state index contributed by atoms with van der Waals surface area (Å²) < 4.78 is 11.7. The van der Waals surface area contributed by atoms with E-state index in [0.717, 1.165) is 15.9 Å². The third-order valence-electron chi connectivity index (χ3n) is 6.50. The van der Waals surface area contributed by atoms with Gasteiger partial charge in [0.15, 0.2) is 11.5 Å². The lowest BCUT2D eigenvalue weighted by atomic mass is 9.63. The number of hydrogen-bond acceptors (Lipinski definition) is 5. The van der Waals surface area contributed by atoms with Crippen molar-refractivity contribution in [3.8, 4) is 11.5 Å². The van der Waals surface area contributed by atoms with Crippen molar-refractivity contribution in [2.24, 2.45) is 40.6 Å². The molecule has 1 aromatic rings. The lowest BCUT2D eigenvalue weighted by Gasteiger charge is -2.37. The predicted octanol–water partition coefficient (Wildman–Crippen LogP) is 3.24. The fourth-order valence-electron chi connectivity index (χ4n) is 5.28. The van der Waals surface area contributed by atoms with Crippen LogP contribution in [-0.4, -0.2) is 36.8 Å².